The molecule has 0 aliphatic rings. The van der Waals surface area contributed by atoms with Gasteiger partial charge in [0, 0.05) is 36.4 Å². The van der Waals surface area contributed by atoms with Crippen molar-refractivity contribution in [2.45, 2.75) is 19.9 Å². The van der Waals surface area contributed by atoms with Crippen LogP contribution in [0.15, 0.2) is 17.8 Å². The number of rotatable bonds is 3. The standard InChI is InChI=1S/C9H11N3S2/c1-7-6-12(9(13)11-7)4-2-8-10-3-5-14-8/h3,5-6H,2,4H2,1H3,(H,11,13). The van der Waals surface area contributed by atoms with Crippen LogP contribution in [0, 0.1) is 11.7 Å². The summed E-state index contributed by atoms with van der Waals surface area (Å²) in [4.78, 5) is 7.33. The zero-order valence-corrected chi connectivity index (χ0v) is 9.49. The molecule has 0 unspecified atom stereocenters. The van der Waals surface area contributed by atoms with E-state index in [-0.39, 0.29) is 0 Å². The van der Waals surface area contributed by atoms with Crippen LogP contribution in [0.5, 0.6) is 0 Å². The highest BCUT2D eigenvalue weighted by Crippen LogP contribution is 2.07. The van der Waals surface area contributed by atoms with E-state index in [1.807, 2.05) is 29.3 Å². The molecule has 1 N–H and O–H groups in total. The summed E-state index contributed by atoms with van der Waals surface area (Å²) in [6.45, 7) is 2.91. The first kappa shape index (κ1) is 9.61. The van der Waals surface area contributed by atoms with E-state index in [2.05, 4.69) is 9.97 Å². The molecule has 14 heavy (non-hydrogen) atoms. The summed E-state index contributed by atoms with van der Waals surface area (Å²) in [7, 11) is 0. The molecule has 3 nitrogen and oxygen atoms in total. The number of nitrogens with one attached hydrogen (secondary N) is 1. The van der Waals surface area contributed by atoms with E-state index < -0.39 is 0 Å². The zero-order chi connectivity index (χ0) is 9.97. The Labute approximate surface area is 91.4 Å². The maximum Gasteiger partial charge on any atom is 0.177 e. The van der Waals surface area contributed by atoms with Crippen molar-refractivity contribution in [3.63, 3.8) is 0 Å². The van der Waals surface area contributed by atoms with Gasteiger partial charge in [0.2, 0.25) is 0 Å². The number of hydrogen-bond acceptors (Lipinski definition) is 3. The van der Waals surface area contributed by atoms with Gasteiger partial charge >= 0.3 is 0 Å². The summed E-state index contributed by atoms with van der Waals surface area (Å²) >= 11 is 6.84. The van der Waals surface area contributed by atoms with Crippen LogP contribution in [0.2, 0.25) is 0 Å². The average Bonchev–Trinajstić information content (AvgIpc) is 2.72. The van der Waals surface area contributed by atoms with E-state index in [9.17, 15) is 0 Å². The minimum atomic E-state index is 0.791. The Morgan fingerprint density at radius 3 is 3.07 bits per heavy atom. The fourth-order valence-corrected chi connectivity index (χ4v) is 2.24. The summed E-state index contributed by atoms with van der Waals surface area (Å²) in [6, 6.07) is 0. The Kier molecular flexibility index (Phi) is 2.79. The highest BCUT2D eigenvalue weighted by atomic mass is 32.1. The van der Waals surface area contributed by atoms with Crippen LogP contribution in [-0.2, 0) is 13.0 Å². The highest BCUT2D eigenvalue weighted by molar-refractivity contribution is 7.71. The Bertz CT molecular complexity index is 453. The van der Waals surface area contributed by atoms with Crippen LogP contribution in [-0.4, -0.2) is 14.5 Å². The van der Waals surface area contributed by atoms with E-state index in [4.69, 9.17) is 12.2 Å². The topological polar surface area (TPSA) is 33.6 Å². The van der Waals surface area contributed by atoms with Crippen molar-refractivity contribution >= 4 is 23.6 Å². The second kappa shape index (κ2) is 4.06. The fraction of sp³-hybridized carbons (Fsp3) is 0.333. The monoisotopic (exact) mass is 225 g/mol. The normalized spacial score (nSPS) is 10.6. The van der Waals surface area contributed by atoms with Crippen molar-refractivity contribution in [1.82, 2.24) is 14.5 Å². The summed E-state index contributed by atoms with van der Waals surface area (Å²) in [5.41, 5.74) is 1.11. The molecule has 0 saturated heterocycles. The Balaban J connectivity index is 2.05. The van der Waals surface area contributed by atoms with Crippen LogP contribution in [0.25, 0.3) is 0 Å². The van der Waals surface area contributed by atoms with Crippen molar-refractivity contribution < 1.29 is 0 Å². The van der Waals surface area contributed by atoms with Gasteiger partial charge in [0.15, 0.2) is 4.77 Å². The van der Waals surface area contributed by atoms with Crippen molar-refractivity contribution in [2.24, 2.45) is 0 Å². The van der Waals surface area contributed by atoms with Gasteiger partial charge in [0.1, 0.15) is 0 Å². The first-order chi connectivity index (χ1) is 6.75. The van der Waals surface area contributed by atoms with E-state index in [1.165, 1.54) is 0 Å². The maximum absolute atomic E-state index is 5.16. The van der Waals surface area contributed by atoms with Gasteiger partial charge in [-0.2, -0.15) is 0 Å². The minimum Gasteiger partial charge on any atom is -0.335 e. The molecule has 0 atom stereocenters. The third-order valence-electron chi connectivity index (χ3n) is 1.96. The number of imidazole rings is 1. The average molecular weight is 225 g/mol. The highest BCUT2D eigenvalue weighted by Gasteiger charge is 1.99. The number of nitrogens with zero attached hydrogens (tertiary/aromatic N) is 2. The van der Waals surface area contributed by atoms with Gasteiger partial charge in [-0.3, -0.25) is 0 Å². The predicted molar refractivity (Wildman–Crippen MR) is 60.2 cm³/mol. The smallest absolute Gasteiger partial charge is 0.177 e. The van der Waals surface area contributed by atoms with Gasteiger partial charge in [0.05, 0.1) is 5.01 Å². The zero-order valence-electron chi connectivity index (χ0n) is 7.86. The quantitative estimate of drug-likeness (QED) is 0.814. The molecule has 2 aromatic heterocycles. The van der Waals surface area contributed by atoms with Crippen molar-refractivity contribution in [2.75, 3.05) is 0 Å². The summed E-state index contributed by atoms with van der Waals surface area (Å²) < 4.78 is 2.84. The van der Waals surface area contributed by atoms with Gasteiger partial charge in [-0.1, -0.05) is 0 Å². The lowest BCUT2D eigenvalue weighted by Crippen LogP contribution is -1.99. The number of H-pyrrole nitrogens is 1. The lowest BCUT2D eigenvalue weighted by atomic mass is 10.4. The number of thiazole rings is 1. The van der Waals surface area contributed by atoms with Crippen molar-refractivity contribution in [3.8, 4) is 0 Å². The molecule has 2 heterocycles. The number of aryl methyl sites for hydroxylation is 3. The molecule has 0 aliphatic heterocycles. The van der Waals surface area contributed by atoms with E-state index in [0.717, 1.165) is 28.4 Å². The van der Waals surface area contributed by atoms with Gasteiger partial charge in [-0.25, -0.2) is 4.98 Å². The molecular formula is C9H11N3S2. The largest absolute Gasteiger partial charge is 0.335 e. The molecule has 0 radical (unpaired) electrons. The number of aromatic amines is 1. The minimum absolute atomic E-state index is 0.791. The van der Waals surface area contributed by atoms with Crippen LogP contribution in [0.4, 0.5) is 0 Å². The van der Waals surface area contributed by atoms with Crippen molar-refractivity contribution in [3.05, 3.63) is 33.2 Å². The Morgan fingerprint density at radius 2 is 2.50 bits per heavy atom. The van der Waals surface area contributed by atoms with Crippen LogP contribution >= 0.6 is 23.6 Å². The molecule has 0 fully saturated rings. The molecule has 2 rings (SSSR count). The Hall–Kier alpha value is -0.940. The van der Waals surface area contributed by atoms with Gasteiger partial charge < -0.3 is 9.55 Å². The maximum atomic E-state index is 5.16. The summed E-state index contributed by atoms with van der Waals surface area (Å²) in [5.74, 6) is 0. The third-order valence-corrected chi connectivity index (χ3v) is 3.14. The SMILES string of the molecule is Cc1cn(CCc2nccs2)c(=S)[nH]1. The van der Waals surface area contributed by atoms with Crippen LogP contribution in [0.3, 0.4) is 0 Å². The Morgan fingerprint density at radius 1 is 1.64 bits per heavy atom. The van der Waals surface area contributed by atoms with E-state index >= 15 is 0 Å². The van der Waals surface area contributed by atoms with Gasteiger partial charge in [-0.05, 0) is 19.1 Å². The molecule has 5 heteroatoms. The molecule has 2 aromatic rings. The molecule has 0 aromatic carbocycles. The molecule has 0 aliphatic carbocycles. The van der Waals surface area contributed by atoms with E-state index in [0.29, 0.717) is 0 Å². The molecule has 0 amide bonds. The summed E-state index contributed by atoms with van der Waals surface area (Å²) in [5, 5.41) is 3.16. The molecule has 74 valence electrons. The molecule has 0 saturated carbocycles. The number of hydrogen-bond donors (Lipinski definition) is 1. The third kappa shape index (κ3) is 2.10. The van der Waals surface area contributed by atoms with Crippen LogP contribution in [0.1, 0.15) is 10.7 Å². The lowest BCUT2D eigenvalue weighted by molar-refractivity contribution is 0.684. The second-order valence-corrected chi connectivity index (χ2v) is 4.48. The molecule has 0 bridgehead atoms. The molecule has 0 spiro atoms. The van der Waals surface area contributed by atoms with Crippen molar-refractivity contribution in [1.29, 1.82) is 0 Å². The second-order valence-electron chi connectivity index (χ2n) is 3.11. The first-order valence-electron chi connectivity index (χ1n) is 4.40. The fourth-order valence-electron chi connectivity index (χ4n) is 1.32. The summed E-state index contributed by atoms with van der Waals surface area (Å²) in [6.07, 6.45) is 4.82. The van der Waals surface area contributed by atoms with Crippen LogP contribution < -0.4 is 0 Å². The number of aromatic nitrogens is 3. The molecular weight excluding hydrogens is 214 g/mol. The lowest BCUT2D eigenvalue weighted by Gasteiger charge is -1.98. The first-order valence-corrected chi connectivity index (χ1v) is 5.69. The van der Waals surface area contributed by atoms with Gasteiger partial charge in [-0.15, -0.1) is 11.3 Å². The van der Waals surface area contributed by atoms with Gasteiger partial charge in [0.25, 0.3) is 0 Å². The predicted octanol–water partition coefficient (Wildman–Crippen LogP) is 2.55. The van der Waals surface area contributed by atoms with E-state index in [1.54, 1.807) is 11.3 Å².